The lowest BCUT2D eigenvalue weighted by Gasteiger charge is -2.15. The molecule has 21 heavy (non-hydrogen) atoms. The van der Waals surface area contributed by atoms with Gasteiger partial charge in [0.1, 0.15) is 5.75 Å². The van der Waals surface area contributed by atoms with Gasteiger partial charge in [-0.15, -0.1) is 0 Å². The third-order valence-corrected chi connectivity index (χ3v) is 3.81. The average molecular weight is 296 g/mol. The zero-order valence-corrected chi connectivity index (χ0v) is 12.0. The summed E-state index contributed by atoms with van der Waals surface area (Å²) in [6.07, 6.45) is 0. The molecule has 104 valence electrons. The number of halogens is 1. The molecule has 3 rings (SSSR count). The Labute approximate surface area is 128 Å². The van der Waals surface area contributed by atoms with Gasteiger partial charge in [-0.3, -0.25) is 0 Å². The van der Waals surface area contributed by atoms with Crippen LogP contribution in [0.1, 0.15) is 0 Å². The van der Waals surface area contributed by atoms with Gasteiger partial charge < -0.3 is 10.8 Å². The maximum atomic E-state index is 10.1. The number of nitrogens with two attached hydrogens (primary N) is 1. The molecular weight excluding hydrogens is 282 g/mol. The van der Waals surface area contributed by atoms with E-state index in [9.17, 15) is 5.11 Å². The first-order valence-corrected chi connectivity index (χ1v) is 6.98. The van der Waals surface area contributed by atoms with Gasteiger partial charge >= 0.3 is 0 Å². The topological polar surface area (TPSA) is 46.2 Å². The second kappa shape index (κ2) is 5.51. The molecule has 0 saturated heterocycles. The molecule has 0 aliphatic heterocycles. The van der Waals surface area contributed by atoms with E-state index in [2.05, 4.69) is 0 Å². The molecule has 0 unspecified atom stereocenters. The van der Waals surface area contributed by atoms with Crippen molar-refractivity contribution < 1.29 is 5.11 Å². The largest absolute Gasteiger partial charge is 0.506 e. The standard InChI is InChI=1S/C18H14ClNO/c19-17-15(21)11-14(12-7-3-1-4-8-12)18(20)16(17)13-9-5-2-6-10-13/h1-11,21H,20H2. The molecule has 2 nitrogen and oxygen atoms in total. The van der Waals surface area contributed by atoms with Crippen LogP contribution in [0.25, 0.3) is 22.3 Å². The Kier molecular flexibility index (Phi) is 3.55. The Morgan fingerprint density at radius 2 is 1.33 bits per heavy atom. The maximum absolute atomic E-state index is 10.1. The van der Waals surface area contributed by atoms with Gasteiger partial charge in [-0.1, -0.05) is 72.3 Å². The highest BCUT2D eigenvalue weighted by molar-refractivity contribution is 6.36. The number of rotatable bonds is 2. The first-order chi connectivity index (χ1) is 10.2. The van der Waals surface area contributed by atoms with Gasteiger partial charge in [0.2, 0.25) is 0 Å². The van der Waals surface area contributed by atoms with Gasteiger partial charge in [0, 0.05) is 16.8 Å². The quantitative estimate of drug-likeness (QED) is 0.518. The van der Waals surface area contributed by atoms with E-state index in [1.54, 1.807) is 6.07 Å². The monoisotopic (exact) mass is 295 g/mol. The van der Waals surface area contributed by atoms with Gasteiger partial charge in [0.15, 0.2) is 0 Å². The van der Waals surface area contributed by atoms with Crippen LogP contribution in [0, 0.1) is 0 Å². The SMILES string of the molecule is Nc1c(-c2ccccc2)cc(O)c(Cl)c1-c1ccccc1. The fourth-order valence-corrected chi connectivity index (χ4v) is 2.67. The van der Waals surface area contributed by atoms with Gasteiger partial charge in [0.05, 0.1) is 5.02 Å². The van der Waals surface area contributed by atoms with Crippen molar-refractivity contribution in [3.8, 4) is 28.0 Å². The van der Waals surface area contributed by atoms with E-state index < -0.39 is 0 Å². The summed E-state index contributed by atoms with van der Waals surface area (Å²) in [5.74, 6) is 0.0311. The molecule has 0 heterocycles. The molecule has 3 aromatic rings. The number of aromatic hydroxyl groups is 1. The molecule has 0 aromatic heterocycles. The molecule has 0 saturated carbocycles. The molecule has 0 aliphatic rings. The molecule has 0 spiro atoms. The van der Waals surface area contributed by atoms with E-state index in [0.29, 0.717) is 11.3 Å². The minimum Gasteiger partial charge on any atom is -0.506 e. The van der Waals surface area contributed by atoms with Crippen LogP contribution in [0.4, 0.5) is 5.69 Å². The first kappa shape index (κ1) is 13.5. The summed E-state index contributed by atoms with van der Waals surface area (Å²) >= 11 is 6.26. The highest BCUT2D eigenvalue weighted by Crippen LogP contribution is 2.44. The molecule has 0 amide bonds. The molecule has 0 bridgehead atoms. The van der Waals surface area contributed by atoms with Crippen molar-refractivity contribution >= 4 is 17.3 Å². The highest BCUT2D eigenvalue weighted by Gasteiger charge is 2.16. The summed E-state index contributed by atoms with van der Waals surface area (Å²) in [5.41, 5.74) is 10.2. The Hall–Kier alpha value is -2.45. The first-order valence-electron chi connectivity index (χ1n) is 6.60. The molecule has 3 N–H and O–H groups in total. The second-order valence-corrected chi connectivity index (χ2v) is 5.16. The van der Waals surface area contributed by atoms with E-state index in [4.69, 9.17) is 17.3 Å². The van der Waals surface area contributed by atoms with E-state index in [0.717, 1.165) is 16.7 Å². The minimum atomic E-state index is 0.0311. The van der Waals surface area contributed by atoms with Crippen LogP contribution in [0.15, 0.2) is 66.7 Å². The van der Waals surface area contributed by atoms with Crippen LogP contribution in [-0.2, 0) is 0 Å². The zero-order valence-electron chi connectivity index (χ0n) is 11.3. The van der Waals surface area contributed by atoms with E-state index in [1.165, 1.54) is 0 Å². The molecule has 0 radical (unpaired) electrons. The maximum Gasteiger partial charge on any atom is 0.135 e. The molecule has 0 aliphatic carbocycles. The molecular formula is C18H14ClNO. The van der Waals surface area contributed by atoms with Crippen molar-refractivity contribution in [2.24, 2.45) is 0 Å². The molecule has 3 aromatic carbocycles. The van der Waals surface area contributed by atoms with E-state index in [-0.39, 0.29) is 10.8 Å². The second-order valence-electron chi connectivity index (χ2n) is 4.78. The van der Waals surface area contributed by atoms with Crippen molar-refractivity contribution in [2.75, 3.05) is 5.73 Å². The Balaban J connectivity index is 2.29. The fraction of sp³-hybridized carbons (Fsp3) is 0. The summed E-state index contributed by atoms with van der Waals surface area (Å²) in [6, 6.07) is 20.9. The number of nitrogen functional groups attached to an aromatic ring is 1. The van der Waals surface area contributed by atoms with Crippen molar-refractivity contribution in [3.63, 3.8) is 0 Å². The number of anilines is 1. The van der Waals surface area contributed by atoms with Crippen LogP contribution in [0.5, 0.6) is 5.75 Å². The highest BCUT2D eigenvalue weighted by atomic mass is 35.5. The van der Waals surface area contributed by atoms with Crippen LogP contribution < -0.4 is 5.73 Å². The summed E-state index contributed by atoms with van der Waals surface area (Å²) in [5, 5.41) is 10.4. The zero-order chi connectivity index (χ0) is 14.8. The van der Waals surface area contributed by atoms with Crippen molar-refractivity contribution in [1.82, 2.24) is 0 Å². The summed E-state index contributed by atoms with van der Waals surface area (Å²) < 4.78 is 0. The van der Waals surface area contributed by atoms with Crippen LogP contribution in [-0.4, -0.2) is 5.11 Å². The normalized spacial score (nSPS) is 10.5. The molecule has 0 atom stereocenters. The van der Waals surface area contributed by atoms with Crippen LogP contribution in [0.2, 0.25) is 5.02 Å². The van der Waals surface area contributed by atoms with Crippen molar-refractivity contribution in [3.05, 3.63) is 71.8 Å². The Morgan fingerprint density at radius 1 is 0.810 bits per heavy atom. The lowest BCUT2D eigenvalue weighted by Crippen LogP contribution is -1.95. The number of phenolic OH excluding ortho intramolecular Hbond substituents is 1. The number of hydrogen-bond donors (Lipinski definition) is 2. The minimum absolute atomic E-state index is 0.0311. The molecule has 3 heteroatoms. The smallest absolute Gasteiger partial charge is 0.135 e. The van der Waals surface area contributed by atoms with Crippen LogP contribution >= 0.6 is 11.6 Å². The predicted octanol–water partition coefficient (Wildman–Crippen LogP) is 4.96. The summed E-state index contributed by atoms with van der Waals surface area (Å²) in [6.45, 7) is 0. The third-order valence-electron chi connectivity index (χ3n) is 3.43. The van der Waals surface area contributed by atoms with Crippen LogP contribution in [0.3, 0.4) is 0 Å². The molecule has 0 fully saturated rings. The average Bonchev–Trinajstić information content (AvgIpc) is 2.53. The third kappa shape index (κ3) is 2.46. The summed E-state index contributed by atoms with van der Waals surface area (Å²) in [4.78, 5) is 0. The van der Waals surface area contributed by atoms with Gasteiger partial charge in [-0.25, -0.2) is 0 Å². The lowest BCUT2D eigenvalue weighted by molar-refractivity contribution is 0.476. The van der Waals surface area contributed by atoms with E-state index in [1.807, 2.05) is 60.7 Å². The number of phenols is 1. The number of benzene rings is 3. The number of hydrogen-bond acceptors (Lipinski definition) is 2. The van der Waals surface area contributed by atoms with E-state index >= 15 is 0 Å². The van der Waals surface area contributed by atoms with Crippen molar-refractivity contribution in [1.29, 1.82) is 0 Å². The fourth-order valence-electron chi connectivity index (χ4n) is 2.40. The lowest BCUT2D eigenvalue weighted by atomic mass is 9.95. The Bertz CT molecular complexity index is 770. The van der Waals surface area contributed by atoms with Gasteiger partial charge in [-0.05, 0) is 17.2 Å². The predicted molar refractivity (Wildman–Crippen MR) is 88.4 cm³/mol. The Morgan fingerprint density at radius 3 is 1.90 bits per heavy atom. The van der Waals surface area contributed by atoms with Gasteiger partial charge in [-0.2, -0.15) is 0 Å². The summed E-state index contributed by atoms with van der Waals surface area (Å²) in [7, 11) is 0. The van der Waals surface area contributed by atoms with Crippen molar-refractivity contribution in [2.45, 2.75) is 0 Å². The van der Waals surface area contributed by atoms with Gasteiger partial charge in [0.25, 0.3) is 0 Å².